The molecule has 134 valence electrons. The van der Waals surface area contributed by atoms with Crippen LogP contribution in [0, 0.1) is 5.92 Å². The predicted molar refractivity (Wildman–Crippen MR) is 104 cm³/mol. The van der Waals surface area contributed by atoms with E-state index in [9.17, 15) is 4.79 Å². The number of benzene rings is 1. The van der Waals surface area contributed by atoms with E-state index < -0.39 is 0 Å². The van der Waals surface area contributed by atoms with Gasteiger partial charge >= 0.3 is 0 Å². The van der Waals surface area contributed by atoms with E-state index in [-0.39, 0.29) is 18.0 Å². The van der Waals surface area contributed by atoms with Gasteiger partial charge in [-0.25, -0.2) is 0 Å². The maximum absolute atomic E-state index is 12.8. The summed E-state index contributed by atoms with van der Waals surface area (Å²) in [6.07, 6.45) is 10.3. The Balaban J connectivity index is 1.75. The normalized spacial score (nSPS) is 24.3. The number of anilines is 1. The van der Waals surface area contributed by atoms with Crippen molar-refractivity contribution in [2.24, 2.45) is 5.92 Å². The lowest BCUT2D eigenvalue weighted by atomic mass is 9.76. The molecule has 4 heteroatoms. The molecule has 1 aliphatic heterocycles. The Labute approximate surface area is 154 Å². The lowest BCUT2D eigenvalue weighted by Gasteiger charge is -2.38. The number of rotatable bonds is 4. The Hall–Kier alpha value is -2.62. The molecule has 26 heavy (non-hydrogen) atoms. The second kappa shape index (κ2) is 6.94. The predicted octanol–water partition coefficient (Wildman–Crippen LogP) is 4.44. The van der Waals surface area contributed by atoms with Gasteiger partial charge in [0.15, 0.2) is 0 Å². The third-order valence-corrected chi connectivity index (χ3v) is 5.67. The van der Waals surface area contributed by atoms with Gasteiger partial charge in [0.05, 0.1) is 17.3 Å². The highest BCUT2D eigenvalue weighted by Gasteiger charge is 2.39. The van der Waals surface area contributed by atoms with Crippen molar-refractivity contribution in [1.82, 2.24) is 10.3 Å². The molecule has 0 bridgehead atoms. The fraction of sp³-hybridized carbons (Fsp3) is 0.364. The van der Waals surface area contributed by atoms with Crippen LogP contribution in [-0.4, -0.2) is 16.9 Å². The summed E-state index contributed by atoms with van der Waals surface area (Å²) in [6, 6.07) is 10.5. The summed E-state index contributed by atoms with van der Waals surface area (Å²) in [4.78, 5) is 17.1. The highest BCUT2D eigenvalue weighted by molar-refractivity contribution is 6.01. The van der Waals surface area contributed by atoms with Crippen LogP contribution in [0.3, 0.4) is 0 Å². The van der Waals surface area contributed by atoms with Crippen molar-refractivity contribution in [2.75, 3.05) is 5.32 Å². The molecule has 4 nitrogen and oxygen atoms in total. The van der Waals surface area contributed by atoms with Crippen LogP contribution >= 0.6 is 0 Å². The van der Waals surface area contributed by atoms with E-state index in [1.54, 1.807) is 6.20 Å². The molecule has 0 saturated carbocycles. The number of allylic oxidation sites excluding steroid dienone is 2. The molecule has 1 amide bonds. The zero-order chi connectivity index (χ0) is 18.1. The lowest BCUT2D eigenvalue weighted by molar-refractivity contribution is 0.0939. The molecule has 2 N–H and O–H groups in total. The van der Waals surface area contributed by atoms with Crippen LogP contribution in [0.4, 0.5) is 5.69 Å². The van der Waals surface area contributed by atoms with Gasteiger partial charge in [-0.2, -0.15) is 0 Å². The first-order valence-corrected chi connectivity index (χ1v) is 9.46. The third-order valence-electron chi connectivity index (χ3n) is 5.67. The summed E-state index contributed by atoms with van der Waals surface area (Å²) in [6.45, 7) is 4.12. The van der Waals surface area contributed by atoms with Gasteiger partial charge in [0, 0.05) is 24.4 Å². The summed E-state index contributed by atoms with van der Waals surface area (Å²) in [5, 5.41) is 6.79. The Morgan fingerprint density at radius 1 is 1.35 bits per heavy atom. The molecular weight excluding hydrogens is 322 g/mol. The second-order valence-electron chi connectivity index (χ2n) is 7.31. The SMILES string of the molecule is CCC(C)NC(=O)c1cccc2c1NC(c1cccnc1)C1CC=CC21. The van der Waals surface area contributed by atoms with E-state index >= 15 is 0 Å². The van der Waals surface area contributed by atoms with E-state index in [0.717, 1.165) is 24.1 Å². The summed E-state index contributed by atoms with van der Waals surface area (Å²) in [7, 11) is 0. The van der Waals surface area contributed by atoms with Gasteiger partial charge in [0.2, 0.25) is 0 Å². The summed E-state index contributed by atoms with van der Waals surface area (Å²) < 4.78 is 0. The first kappa shape index (κ1) is 16.8. The molecule has 0 radical (unpaired) electrons. The van der Waals surface area contributed by atoms with E-state index in [2.05, 4.69) is 46.8 Å². The number of nitrogens with one attached hydrogen (secondary N) is 2. The molecule has 2 aromatic rings. The highest BCUT2D eigenvalue weighted by atomic mass is 16.1. The molecule has 1 aromatic carbocycles. The van der Waals surface area contributed by atoms with Gasteiger partial charge in [0.25, 0.3) is 5.91 Å². The van der Waals surface area contributed by atoms with Crippen LogP contribution in [0.25, 0.3) is 0 Å². The second-order valence-corrected chi connectivity index (χ2v) is 7.31. The average Bonchev–Trinajstić information content (AvgIpc) is 3.17. The number of carbonyl (C=O) groups is 1. The van der Waals surface area contributed by atoms with Gasteiger partial charge in [-0.15, -0.1) is 0 Å². The van der Waals surface area contributed by atoms with Gasteiger partial charge in [-0.3, -0.25) is 9.78 Å². The lowest BCUT2D eigenvalue weighted by Crippen LogP contribution is -2.35. The minimum atomic E-state index is -0.00550. The molecule has 2 aliphatic rings. The molecule has 0 saturated heterocycles. The van der Waals surface area contributed by atoms with Crippen molar-refractivity contribution in [3.8, 4) is 0 Å². The van der Waals surface area contributed by atoms with Crippen molar-refractivity contribution in [3.63, 3.8) is 0 Å². The van der Waals surface area contributed by atoms with E-state index in [1.807, 2.05) is 31.3 Å². The van der Waals surface area contributed by atoms with Crippen molar-refractivity contribution in [3.05, 3.63) is 71.6 Å². The van der Waals surface area contributed by atoms with E-state index in [0.29, 0.717) is 11.8 Å². The van der Waals surface area contributed by atoms with E-state index in [4.69, 9.17) is 0 Å². The monoisotopic (exact) mass is 347 g/mol. The van der Waals surface area contributed by atoms with Gasteiger partial charge in [-0.1, -0.05) is 37.3 Å². The van der Waals surface area contributed by atoms with Crippen molar-refractivity contribution in [1.29, 1.82) is 0 Å². The summed E-state index contributed by atoms with van der Waals surface area (Å²) in [5.74, 6) is 0.793. The van der Waals surface area contributed by atoms with Crippen LogP contribution in [0.1, 0.15) is 60.1 Å². The molecule has 1 aromatic heterocycles. The molecule has 0 spiro atoms. The first-order chi connectivity index (χ1) is 12.7. The minimum absolute atomic E-state index is 0.00550. The maximum atomic E-state index is 12.8. The number of carbonyl (C=O) groups excluding carboxylic acids is 1. The molecule has 4 unspecified atom stereocenters. The number of hydrogen-bond acceptors (Lipinski definition) is 3. The fourth-order valence-corrected chi connectivity index (χ4v) is 4.10. The number of aromatic nitrogens is 1. The van der Waals surface area contributed by atoms with Gasteiger partial charge in [-0.05, 0) is 48.9 Å². The quantitative estimate of drug-likeness (QED) is 0.804. The minimum Gasteiger partial charge on any atom is -0.377 e. The molecule has 0 fully saturated rings. The third kappa shape index (κ3) is 2.90. The Morgan fingerprint density at radius 2 is 2.23 bits per heavy atom. The van der Waals surface area contributed by atoms with Crippen LogP contribution in [0.15, 0.2) is 54.9 Å². The number of pyridine rings is 1. The molecular formula is C22H25N3O. The van der Waals surface area contributed by atoms with Crippen LogP contribution in [-0.2, 0) is 0 Å². The van der Waals surface area contributed by atoms with Crippen molar-refractivity contribution in [2.45, 2.75) is 44.7 Å². The van der Waals surface area contributed by atoms with Crippen molar-refractivity contribution < 1.29 is 4.79 Å². The average molecular weight is 347 g/mol. The smallest absolute Gasteiger partial charge is 0.253 e. The number of hydrogen-bond donors (Lipinski definition) is 2. The molecule has 4 rings (SSSR count). The van der Waals surface area contributed by atoms with Crippen LogP contribution in [0.5, 0.6) is 0 Å². The Morgan fingerprint density at radius 3 is 3.00 bits per heavy atom. The molecule has 4 atom stereocenters. The Bertz CT molecular complexity index is 831. The number of para-hydroxylation sites is 1. The summed E-state index contributed by atoms with van der Waals surface area (Å²) >= 11 is 0. The number of amides is 1. The highest BCUT2D eigenvalue weighted by Crippen LogP contribution is 2.50. The van der Waals surface area contributed by atoms with E-state index in [1.165, 1.54) is 11.1 Å². The zero-order valence-electron chi connectivity index (χ0n) is 15.3. The Kier molecular flexibility index (Phi) is 4.49. The molecule has 2 heterocycles. The van der Waals surface area contributed by atoms with Crippen LogP contribution in [0.2, 0.25) is 0 Å². The standard InChI is InChI=1S/C22H25N3O/c1-3-14(2)24-22(26)19-11-5-10-18-16-8-4-9-17(16)20(25-21(18)19)15-7-6-12-23-13-15/h4-8,10-14,16-17,20,25H,3,9H2,1-2H3,(H,24,26). The van der Waals surface area contributed by atoms with Gasteiger partial charge < -0.3 is 10.6 Å². The number of nitrogens with zero attached hydrogens (tertiary/aromatic N) is 1. The zero-order valence-corrected chi connectivity index (χ0v) is 15.3. The van der Waals surface area contributed by atoms with Crippen LogP contribution < -0.4 is 10.6 Å². The van der Waals surface area contributed by atoms with Crippen molar-refractivity contribution >= 4 is 11.6 Å². The fourth-order valence-electron chi connectivity index (χ4n) is 4.10. The topological polar surface area (TPSA) is 54.0 Å². The van der Waals surface area contributed by atoms with Gasteiger partial charge in [0.1, 0.15) is 0 Å². The summed E-state index contributed by atoms with van der Waals surface area (Å²) in [5.41, 5.74) is 4.10. The largest absolute Gasteiger partial charge is 0.377 e. The number of fused-ring (bicyclic) bond motifs is 3. The maximum Gasteiger partial charge on any atom is 0.253 e. The molecule has 1 aliphatic carbocycles. The first-order valence-electron chi connectivity index (χ1n) is 9.46.